The maximum atomic E-state index is 4.82. The molecule has 0 spiro atoms. The minimum absolute atomic E-state index is 0. The van der Waals surface area contributed by atoms with E-state index in [1.165, 1.54) is 92.3 Å². The quantitative estimate of drug-likeness (QED) is 0.111. The number of para-hydroxylation sites is 11. The third kappa shape index (κ3) is 14.8. The Morgan fingerprint density at radius 3 is 0.826 bits per heavy atom. The zero-order valence-corrected chi connectivity index (χ0v) is 87.2. The monoisotopic (exact) mass is 2460 g/mol. The van der Waals surface area contributed by atoms with Gasteiger partial charge < -0.3 is 57.2 Å². The molecule has 17 nitrogen and oxygen atoms in total. The van der Waals surface area contributed by atoms with Gasteiger partial charge in [-0.1, -0.05) is 263 Å². The zero-order valence-electron chi connectivity index (χ0n) is 80.4. The molecule has 3 aliphatic rings. The van der Waals surface area contributed by atoms with Crippen molar-refractivity contribution in [1.82, 2.24) is 66.2 Å². The van der Waals surface area contributed by atoms with E-state index in [2.05, 4.69) is 531 Å². The molecule has 0 unspecified atom stereocenters. The van der Waals surface area contributed by atoms with Crippen LogP contribution >= 0.6 is 0 Å². The summed E-state index contributed by atoms with van der Waals surface area (Å²) < 4.78 is 18.3. The van der Waals surface area contributed by atoms with E-state index in [-0.39, 0.29) is 63.2 Å². The van der Waals surface area contributed by atoms with Crippen molar-refractivity contribution in [2.75, 3.05) is 35.8 Å². The Morgan fingerprint density at radius 1 is 0.188 bits per heavy atom. The predicted molar refractivity (Wildman–Crippen MR) is 598 cm³/mol. The van der Waals surface area contributed by atoms with E-state index < -0.39 is 0 Å². The van der Waals surface area contributed by atoms with E-state index in [1.54, 1.807) is 0 Å². The first-order valence-corrected chi connectivity index (χ1v) is 48.9. The van der Waals surface area contributed by atoms with E-state index in [0.29, 0.717) is 0 Å². The number of nitrogens with zero attached hydrogens (tertiary/aromatic N) is 17. The molecule has 0 fully saturated rings. The number of aromatic nitrogens is 11. The van der Waals surface area contributed by atoms with Crippen LogP contribution in [-0.4, -0.2) is 87.3 Å². The van der Waals surface area contributed by atoms with Gasteiger partial charge in [-0.3, -0.25) is 13.7 Å². The molecule has 28 aromatic rings. The van der Waals surface area contributed by atoms with Crippen molar-refractivity contribution >= 4 is 209 Å². The Balaban J connectivity index is 0.000000112. The molecule has 14 heterocycles. The van der Waals surface area contributed by atoms with Gasteiger partial charge in [-0.25, -0.2) is 9.97 Å². The van der Waals surface area contributed by atoms with Crippen LogP contribution in [0.5, 0.6) is 0 Å². The molecule has 20 heteroatoms. The van der Waals surface area contributed by atoms with Gasteiger partial charge in [-0.2, -0.15) is 50.3 Å². The van der Waals surface area contributed by atoms with Crippen molar-refractivity contribution in [1.29, 1.82) is 0 Å². The Labute approximate surface area is 900 Å². The largest absolute Gasteiger partial charge is 0.498 e. The average Bonchev–Trinajstić information content (AvgIpc) is 1.51. The summed E-state index contributed by atoms with van der Waals surface area (Å²) >= 11 is 0. The van der Waals surface area contributed by atoms with Crippen LogP contribution in [0.4, 0.5) is 17.1 Å². The van der Waals surface area contributed by atoms with Gasteiger partial charge in [0.1, 0.15) is 11.5 Å². The van der Waals surface area contributed by atoms with Crippen molar-refractivity contribution < 1.29 is 63.2 Å². The van der Waals surface area contributed by atoms with Crippen LogP contribution in [-0.2, 0) is 63.2 Å². The maximum Gasteiger partial charge on any atom is 0.143 e. The van der Waals surface area contributed by atoms with Crippen molar-refractivity contribution in [3.63, 3.8) is 0 Å². The Morgan fingerprint density at radius 2 is 0.450 bits per heavy atom. The number of fused-ring (bicyclic) bond motifs is 24. The van der Waals surface area contributed by atoms with Gasteiger partial charge in [0.15, 0.2) is 0 Å². The molecule has 0 radical (unpaired) electrons. The fourth-order valence-corrected chi connectivity index (χ4v) is 22.6. The number of hydrogen-bond acceptors (Lipinski definition) is 9. The van der Waals surface area contributed by atoms with E-state index in [0.717, 1.165) is 157 Å². The maximum absolute atomic E-state index is 4.82. The number of anilines is 3. The summed E-state index contributed by atoms with van der Waals surface area (Å²) in [7, 11) is 6.31. The summed E-state index contributed by atoms with van der Waals surface area (Å²) in [6.45, 7) is 6.38. The molecular formula is C129H84N17Pt3-9. The molecule has 11 aromatic heterocycles. The Hall–Kier alpha value is -17.3. The summed E-state index contributed by atoms with van der Waals surface area (Å²) in [4.78, 5) is 27.2. The van der Waals surface area contributed by atoms with Gasteiger partial charge >= 0.3 is 0 Å². The van der Waals surface area contributed by atoms with Crippen molar-refractivity contribution in [2.24, 2.45) is 0 Å². The molecule has 31 rings (SSSR count). The second kappa shape index (κ2) is 37.0. The third-order valence-corrected chi connectivity index (χ3v) is 29.0. The van der Waals surface area contributed by atoms with Crippen LogP contribution in [0.2, 0.25) is 0 Å². The SMILES string of the molecule is CN1[CH-]N(c2[c-]c(-n3c4[c-]c(-c5ccccn5)ccc4c4ccccc43)ccc2)C=C1n1c2ccccc2c2ccccc21.CN1[CH-]N(c2[c-]c3c(cc2)c2ccccc2n3-c2[c-]c(-n3c4ccccc4c4cccnc43)ccc2)C=C1n1c2ccccc2c2ccccc21.CN1[CH-]N(c2[c-]c3c(cc2)c2ccccc2n3-c2[c-]c3c(cc2)c2ccccc2n3-c2ccccn2)C=C1n1c2ccccc2c2ccccc21.[Pt].[Pt].[Pt]. The third-order valence-electron chi connectivity index (χ3n) is 29.0. The molecule has 0 N–H and O–H groups in total. The van der Waals surface area contributed by atoms with Crippen LogP contribution in [0.1, 0.15) is 0 Å². The second-order valence-corrected chi connectivity index (χ2v) is 37.3. The predicted octanol–water partition coefficient (Wildman–Crippen LogP) is 29.5. The molecule has 17 aromatic carbocycles. The van der Waals surface area contributed by atoms with Crippen molar-refractivity contribution in [2.45, 2.75) is 0 Å². The molecule has 0 aliphatic carbocycles. The van der Waals surface area contributed by atoms with Gasteiger partial charge in [-0.15, -0.1) is 130 Å². The molecule has 724 valence electrons. The summed E-state index contributed by atoms with van der Waals surface area (Å²) in [6, 6.07) is 163. The zero-order chi connectivity index (χ0) is 96.5. The molecular weight excluding hydrogens is 2370 g/mol. The van der Waals surface area contributed by atoms with Crippen LogP contribution in [0.15, 0.2) is 438 Å². The fraction of sp³-hybridized carbons (Fsp3) is 0.0233. The molecule has 0 amide bonds. The second-order valence-electron chi connectivity index (χ2n) is 37.3. The van der Waals surface area contributed by atoms with Crippen molar-refractivity contribution in [3.8, 4) is 39.8 Å². The first-order chi connectivity index (χ1) is 72.2. The first kappa shape index (κ1) is 91.6. The normalized spacial score (nSPS) is 13.3. The Bertz CT molecular complexity index is 10100. The topological polar surface area (TPSA) is 97.5 Å². The van der Waals surface area contributed by atoms with E-state index in [9.17, 15) is 0 Å². The van der Waals surface area contributed by atoms with E-state index >= 15 is 0 Å². The number of hydrogen-bond donors (Lipinski definition) is 0. The van der Waals surface area contributed by atoms with Crippen molar-refractivity contribution in [3.05, 3.63) is 494 Å². The van der Waals surface area contributed by atoms with Gasteiger partial charge in [0, 0.05) is 166 Å². The summed E-state index contributed by atoms with van der Waals surface area (Å²) in [5, 5.41) is 19.1. The minimum atomic E-state index is 0. The molecule has 0 saturated heterocycles. The molecule has 0 saturated carbocycles. The number of rotatable bonds is 12. The smallest absolute Gasteiger partial charge is 0.143 e. The summed E-state index contributed by atoms with van der Waals surface area (Å²) in [6.07, 6.45) is 12.1. The summed E-state index contributed by atoms with van der Waals surface area (Å²) in [5.41, 5.74) is 26.1. The van der Waals surface area contributed by atoms with Gasteiger partial charge in [0.25, 0.3) is 0 Å². The van der Waals surface area contributed by atoms with E-state index in [4.69, 9.17) is 9.97 Å². The van der Waals surface area contributed by atoms with E-state index in [1.807, 2.05) is 55.0 Å². The molecule has 149 heavy (non-hydrogen) atoms. The average molecular weight is 2460 g/mol. The van der Waals surface area contributed by atoms with Crippen LogP contribution in [0, 0.1) is 56.4 Å². The van der Waals surface area contributed by atoms with Crippen LogP contribution < -0.4 is 14.7 Å². The number of benzene rings is 17. The van der Waals surface area contributed by atoms with Crippen LogP contribution in [0.25, 0.3) is 232 Å². The number of pyridine rings is 3. The standard InChI is InChI=1S/2C45H29N6.C39H26N5.3Pt/c1-47-29-48(28-44(47)51-41-21-8-3-14-33(41)34-15-4-9-22-42(34)51)30-23-24-37-35-16-2-6-19-39(35)49(43(37)27-30)31-12-10-13-32(26-31)50-40-20-7-5-17-36(40)38-18-11-25-46-45(38)50;1-47-29-48(28-45(47)51-40-18-8-4-12-32(40)33-13-5-9-19-41(33)51)30-21-23-36-34-14-2-6-16-38(34)49(42(36)26-30)31-22-24-37-35-15-3-7-17-39(35)50(43(37)27-31)44-20-10-11-25-46-44;1-41-26-42(25-39(41)44-36-18-6-3-13-30(36)31-14-4-7-19-37(31)44)28-11-10-12-29(24-28)43-35-17-5-2-15-32(35)33-21-20-27(23-38(33)43)34-16-8-9-22-40-34;;;/h2*2-25,28-29H,1H3;2-22,25-26H,1H3;;;/q3*-3;;;. The summed E-state index contributed by atoms with van der Waals surface area (Å²) in [5.74, 6) is 4.09. The molecule has 0 bridgehead atoms. The fourth-order valence-electron chi connectivity index (χ4n) is 22.6. The van der Waals surface area contributed by atoms with Gasteiger partial charge in [-0.05, 0) is 151 Å². The minimum Gasteiger partial charge on any atom is -0.498 e. The van der Waals surface area contributed by atoms with Gasteiger partial charge in [0.05, 0.1) is 56.1 Å². The first-order valence-electron chi connectivity index (χ1n) is 48.9. The Kier molecular flexibility index (Phi) is 22.8. The van der Waals surface area contributed by atoms with Gasteiger partial charge in [0.2, 0.25) is 0 Å². The molecule has 0 atom stereocenters. The molecule has 3 aliphatic heterocycles. The van der Waals surface area contributed by atoms with Crippen LogP contribution in [0.3, 0.4) is 0 Å².